The fourth-order valence-corrected chi connectivity index (χ4v) is 3.68. The summed E-state index contributed by atoms with van der Waals surface area (Å²) in [6, 6.07) is 8.16. The third-order valence-corrected chi connectivity index (χ3v) is 4.94. The van der Waals surface area contributed by atoms with Gasteiger partial charge in [-0.2, -0.15) is 0 Å². The monoisotopic (exact) mass is 306 g/mol. The van der Waals surface area contributed by atoms with Crippen LogP contribution >= 0.6 is 11.3 Å². The molecule has 1 N–H and O–H groups in total. The number of nitrogens with zero attached hydrogens (tertiary/aromatic N) is 1. The molecule has 0 amide bonds. The molecule has 1 unspecified atom stereocenters. The lowest BCUT2D eigenvalue weighted by Gasteiger charge is -2.31. The average Bonchev–Trinajstić information content (AvgIpc) is 3.10. The van der Waals surface area contributed by atoms with E-state index < -0.39 is 5.79 Å². The van der Waals surface area contributed by atoms with E-state index in [9.17, 15) is 0 Å². The minimum absolute atomic E-state index is 0.0788. The van der Waals surface area contributed by atoms with Gasteiger partial charge in [-0.25, -0.2) is 4.98 Å². The Balaban J connectivity index is 1.36. The molecule has 2 saturated heterocycles. The lowest BCUT2D eigenvalue weighted by atomic mass is 10.1. The van der Waals surface area contributed by atoms with Crippen LogP contribution in [0.15, 0.2) is 24.3 Å². The van der Waals surface area contributed by atoms with Crippen LogP contribution in [0.2, 0.25) is 0 Å². The number of ether oxygens (including phenoxy) is 3. The number of rotatable bonds is 3. The Labute approximate surface area is 127 Å². The highest BCUT2D eigenvalue weighted by atomic mass is 32.1. The SMILES string of the molecule is c1ccc2sc(NCC3COC4(CCOCC4)O3)nc2c1. The number of hydrogen-bond acceptors (Lipinski definition) is 6. The summed E-state index contributed by atoms with van der Waals surface area (Å²) in [6.07, 6.45) is 1.73. The van der Waals surface area contributed by atoms with Crippen molar-refractivity contribution in [2.24, 2.45) is 0 Å². The number of hydrogen-bond donors (Lipinski definition) is 1. The van der Waals surface area contributed by atoms with Gasteiger partial charge in [-0.15, -0.1) is 0 Å². The van der Waals surface area contributed by atoms with Gasteiger partial charge in [0.05, 0.1) is 30.0 Å². The second-order valence-corrected chi connectivity index (χ2v) is 6.47. The van der Waals surface area contributed by atoms with Gasteiger partial charge < -0.3 is 19.5 Å². The highest BCUT2D eigenvalue weighted by Crippen LogP contribution is 2.33. The summed E-state index contributed by atoms with van der Waals surface area (Å²) in [6.45, 7) is 2.80. The smallest absolute Gasteiger partial charge is 0.183 e. The molecule has 1 aromatic heterocycles. The van der Waals surface area contributed by atoms with Crippen LogP contribution < -0.4 is 5.32 Å². The molecule has 2 aliphatic heterocycles. The van der Waals surface area contributed by atoms with Crippen molar-refractivity contribution in [2.45, 2.75) is 24.7 Å². The molecule has 0 saturated carbocycles. The van der Waals surface area contributed by atoms with E-state index in [2.05, 4.69) is 16.4 Å². The zero-order chi connectivity index (χ0) is 14.1. The zero-order valence-electron chi connectivity index (χ0n) is 11.7. The first-order valence-corrected chi connectivity index (χ1v) is 8.14. The first-order valence-electron chi connectivity index (χ1n) is 7.32. The van der Waals surface area contributed by atoms with Crippen LogP contribution in [0.3, 0.4) is 0 Å². The predicted octanol–water partition coefficient (Wildman–Crippen LogP) is 2.63. The number of nitrogens with one attached hydrogen (secondary N) is 1. The number of para-hydroxylation sites is 1. The van der Waals surface area contributed by atoms with E-state index in [0.717, 1.165) is 43.2 Å². The zero-order valence-corrected chi connectivity index (χ0v) is 12.5. The van der Waals surface area contributed by atoms with Crippen LogP contribution in [0.1, 0.15) is 12.8 Å². The number of benzene rings is 1. The Kier molecular flexibility index (Phi) is 3.54. The standard InChI is InChI=1S/C15H18N2O3S/c1-2-4-13-12(3-1)17-14(21-13)16-9-11-10-19-15(20-11)5-7-18-8-6-15/h1-4,11H,5-10H2,(H,16,17). The molecule has 112 valence electrons. The van der Waals surface area contributed by atoms with Crippen LogP contribution in [0.5, 0.6) is 0 Å². The molecule has 0 radical (unpaired) electrons. The van der Waals surface area contributed by atoms with Gasteiger partial charge in [0.1, 0.15) is 6.10 Å². The maximum atomic E-state index is 6.10. The van der Waals surface area contributed by atoms with Crippen molar-refractivity contribution in [1.82, 2.24) is 4.98 Å². The molecule has 4 rings (SSSR count). The second kappa shape index (κ2) is 5.53. The van der Waals surface area contributed by atoms with Crippen LogP contribution in [0, 0.1) is 0 Å². The highest BCUT2D eigenvalue weighted by molar-refractivity contribution is 7.22. The molecule has 2 aromatic rings. The summed E-state index contributed by atoms with van der Waals surface area (Å²) in [5.74, 6) is -0.405. The van der Waals surface area contributed by atoms with E-state index in [1.807, 2.05) is 18.2 Å². The quantitative estimate of drug-likeness (QED) is 0.945. The third-order valence-electron chi connectivity index (χ3n) is 3.94. The molecule has 2 fully saturated rings. The molecule has 21 heavy (non-hydrogen) atoms. The third kappa shape index (κ3) is 2.76. The van der Waals surface area contributed by atoms with Crippen LogP contribution in [-0.4, -0.2) is 43.2 Å². The van der Waals surface area contributed by atoms with Gasteiger partial charge in [-0.1, -0.05) is 23.5 Å². The summed E-state index contributed by atoms with van der Waals surface area (Å²) in [4.78, 5) is 4.57. The van der Waals surface area contributed by atoms with Crippen molar-refractivity contribution in [1.29, 1.82) is 0 Å². The van der Waals surface area contributed by atoms with Gasteiger partial charge in [-0.05, 0) is 12.1 Å². The molecule has 1 atom stereocenters. The Morgan fingerprint density at radius 1 is 1.29 bits per heavy atom. The van der Waals surface area contributed by atoms with Crippen molar-refractivity contribution >= 4 is 26.7 Å². The van der Waals surface area contributed by atoms with Crippen LogP contribution in [-0.2, 0) is 14.2 Å². The average molecular weight is 306 g/mol. The number of anilines is 1. The molecule has 1 aromatic carbocycles. The second-order valence-electron chi connectivity index (χ2n) is 5.44. The summed E-state index contributed by atoms with van der Waals surface area (Å²) < 4.78 is 18.5. The Bertz CT molecular complexity index is 591. The number of thiazole rings is 1. The summed E-state index contributed by atoms with van der Waals surface area (Å²) in [7, 11) is 0. The fraction of sp³-hybridized carbons (Fsp3) is 0.533. The van der Waals surface area contributed by atoms with E-state index in [1.54, 1.807) is 11.3 Å². The van der Waals surface area contributed by atoms with Gasteiger partial charge in [0.15, 0.2) is 10.9 Å². The van der Waals surface area contributed by atoms with Crippen molar-refractivity contribution in [3.63, 3.8) is 0 Å². The summed E-state index contributed by atoms with van der Waals surface area (Å²) in [5, 5.41) is 4.31. The first-order chi connectivity index (χ1) is 10.3. The maximum absolute atomic E-state index is 6.10. The van der Waals surface area contributed by atoms with E-state index in [4.69, 9.17) is 14.2 Å². The molecular weight excluding hydrogens is 288 g/mol. The van der Waals surface area contributed by atoms with Gasteiger partial charge >= 0.3 is 0 Å². The number of aromatic nitrogens is 1. The molecule has 0 aliphatic carbocycles. The van der Waals surface area contributed by atoms with Gasteiger partial charge in [0.2, 0.25) is 0 Å². The molecule has 3 heterocycles. The normalized spacial score (nSPS) is 24.7. The Morgan fingerprint density at radius 3 is 3.00 bits per heavy atom. The molecular formula is C15H18N2O3S. The summed E-state index contributed by atoms with van der Waals surface area (Å²) in [5.41, 5.74) is 1.04. The maximum Gasteiger partial charge on any atom is 0.183 e. The minimum atomic E-state index is -0.405. The highest BCUT2D eigenvalue weighted by Gasteiger charge is 2.42. The lowest BCUT2D eigenvalue weighted by Crippen LogP contribution is -2.38. The number of fused-ring (bicyclic) bond motifs is 1. The van der Waals surface area contributed by atoms with Crippen LogP contribution in [0.25, 0.3) is 10.2 Å². The first kappa shape index (κ1) is 13.5. The van der Waals surface area contributed by atoms with Crippen molar-refractivity contribution in [3.8, 4) is 0 Å². The van der Waals surface area contributed by atoms with E-state index in [0.29, 0.717) is 6.61 Å². The van der Waals surface area contributed by atoms with Gasteiger partial charge in [0.25, 0.3) is 0 Å². The molecule has 2 aliphatic rings. The Morgan fingerprint density at radius 2 is 2.14 bits per heavy atom. The fourth-order valence-electron chi connectivity index (χ4n) is 2.81. The van der Waals surface area contributed by atoms with E-state index in [-0.39, 0.29) is 6.10 Å². The van der Waals surface area contributed by atoms with Crippen molar-refractivity contribution < 1.29 is 14.2 Å². The summed E-state index contributed by atoms with van der Waals surface area (Å²) >= 11 is 1.67. The van der Waals surface area contributed by atoms with Gasteiger partial charge in [0, 0.05) is 19.4 Å². The van der Waals surface area contributed by atoms with E-state index in [1.165, 1.54) is 4.70 Å². The predicted molar refractivity (Wildman–Crippen MR) is 81.7 cm³/mol. The Hall–Kier alpha value is -1.21. The van der Waals surface area contributed by atoms with Crippen molar-refractivity contribution in [2.75, 3.05) is 31.7 Å². The molecule has 6 heteroatoms. The van der Waals surface area contributed by atoms with Gasteiger partial charge in [-0.3, -0.25) is 0 Å². The minimum Gasteiger partial charge on any atom is -0.381 e. The largest absolute Gasteiger partial charge is 0.381 e. The van der Waals surface area contributed by atoms with Crippen molar-refractivity contribution in [3.05, 3.63) is 24.3 Å². The van der Waals surface area contributed by atoms with Crippen LogP contribution in [0.4, 0.5) is 5.13 Å². The lowest BCUT2D eigenvalue weighted by molar-refractivity contribution is -0.209. The molecule has 5 nitrogen and oxygen atoms in total. The molecule has 1 spiro atoms. The molecule has 0 bridgehead atoms. The van der Waals surface area contributed by atoms with E-state index >= 15 is 0 Å². The topological polar surface area (TPSA) is 52.6 Å².